The lowest BCUT2D eigenvalue weighted by Crippen LogP contribution is -2.33. The lowest BCUT2D eigenvalue weighted by molar-refractivity contribution is -0.139. The van der Waals surface area contributed by atoms with Gasteiger partial charge in [-0.2, -0.15) is 13.2 Å². The molecule has 2 rings (SSSR count). The highest BCUT2D eigenvalue weighted by molar-refractivity contribution is 5.50. The molecule has 0 spiro atoms. The first-order chi connectivity index (χ1) is 9.41. The predicted octanol–water partition coefficient (Wildman–Crippen LogP) is 3.42. The highest BCUT2D eigenvalue weighted by Gasteiger charge is 2.35. The Hall–Kier alpha value is -1.30. The van der Waals surface area contributed by atoms with Crippen molar-refractivity contribution in [1.29, 1.82) is 0 Å². The Morgan fingerprint density at radius 2 is 2.10 bits per heavy atom. The van der Waals surface area contributed by atoms with Gasteiger partial charge in [-0.3, -0.25) is 0 Å². The second-order valence-corrected chi connectivity index (χ2v) is 5.05. The van der Waals surface area contributed by atoms with Crippen LogP contribution in [-0.4, -0.2) is 25.7 Å². The molecule has 1 atom stereocenters. The van der Waals surface area contributed by atoms with Gasteiger partial charge in [0.25, 0.3) is 0 Å². The first kappa shape index (κ1) is 15.1. The maximum Gasteiger partial charge on any atom is 0.419 e. The van der Waals surface area contributed by atoms with Crippen molar-refractivity contribution in [2.24, 2.45) is 0 Å². The molecule has 0 aromatic heterocycles. The van der Waals surface area contributed by atoms with Crippen molar-refractivity contribution in [2.75, 3.05) is 24.5 Å². The molecule has 1 aliphatic heterocycles. The Morgan fingerprint density at radius 3 is 2.75 bits per heavy atom. The molecule has 112 valence electrons. The summed E-state index contributed by atoms with van der Waals surface area (Å²) in [6, 6.07) is 3.49. The molecule has 6 heteroatoms. The Kier molecular flexibility index (Phi) is 4.52. The maximum atomic E-state index is 13.2. The van der Waals surface area contributed by atoms with Crippen molar-refractivity contribution in [3.8, 4) is 0 Å². The highest BCUT2D eigenvalue weighted by Crippen LogP contribution is 2.34. The van der Waals surface area contributed by atoms with Crippen LogP contribution in [0.25, 0.3) is 0 Å². The van der Waals surface area contributed by atoms with Crippen LogP contribution in [-0.2, 0) is 6.18 Å². The normalized spacial score (nSPS) is 19.6. The SMILES string of the molecule is CCCNC1CCN(c2ccc(F)c(C(F)(F)F)c2)C1. The van der Waals surface area contributed by atoms with E-state index in [0.717, 1.165) is 31.5 Å². The van der Waals surface area contributed by atoms with Crippen LogP contribution in [0.5, 0.6) is 0 Å². The molecule has 0 radical (unpaired) electrons. The van der Waals surface area contributed by atoms with Crippen LogP contribution < -0.4 is 10.2 Å². The van der Waals surface area contributed by atoms with E-state index >= 15 is 0 Å². The van der Waals surface area contributed by atoms with Crippen molar-refractivity contribution in [2.45, 2.75) is 32.0 Å². The van der Waals surface area contributed by atoms with E-state index in [1.54, 1.807) is 0 Å². The standard InChI is InChI=1S/C14H18F4N2/c1-2-6-19-10-5-7-20(9-10)11-3-4-13(15)12(8-11)14(16,17)18/h3-4,8,10,19H,2,5-7,9H2,1H3. The Morgan fingerprint density at radius 1 is 1.35 bits per heavy atom. The molecule has 1 unspecified atom stereocenters. The molecule has 20 heavy (non-hydrogen) atoms. The van der Waals surface area contributed by atoms with E-state index < -0.39 is 17.6 Å². The number of benzene rings is 1. The fourth-order valence-electron chi connectivity index (χ4n) is 2.44. The highest BCUT2D eigenvalue weighted by atomic mass is 19.4. The number of nitrogens with one attached hydrogen (secondary N) is 1. The van der Waals surface area contributed by atoms with E-state index in [0.29, 0.717) is 18.8 Å². The number of hydrogen-bond donors (Lipinski definition) is 1. The van der Waals surface area contributed by atoms with Crippen LogP contribution in [0, 0.1) is 5.82 Å². The van der Waals surface area contributed by atoms with Gasteiger partial charge < -0.3 is 10.2 Å². The second kappa shape index (κ2) is 5.99. The van der Waals surface area contributed by atoms with E-state index in [1.165, 1.54) is 6.07 Å². The van der Waals surface area contributed by atoms with Gasteiger partial charge in [-0.1, -0.05) is 6.92 Å². The number of rotatable bonds is 4. The van der Waals surface area contributed by atoms with Gasteiger partial charge in [0.2, 0.25) is 0 Å². The molecule has 1 aromatic carbocycles. The van der Waals surface area contributed by atoms with Crippen molar-refractivity contribution in [1.82, 2.24) is 5.32 Å². The van der Waals surface area contributed by atoms with Crippen molar-refractivity contribution in [3.63, 3.8) is 0 Å². The third kappa shape index (κ3) is 3.42. The van der Waals surface area contributed by atoms with Gasteiger partial charge in [-0.05, 0) is 37.6 Å². The van der Waals surface area contributed by atoms with Crippen LogP contribution in [0.15, 0.2) is 18.2 Å². The minimum atomic E-state index is -4.65. The van der Waals surface area contributed by atoms with Gasteiger partial charge in [0.15, 0.2) is 0 Å². The zero-order chi connectivity index (χ0) is 14.8. The third-order valence-electron chi connectivity index (χ3n) is 3.49. The molecular formula is C14H18F4N2. The zero-order valence-electron chi connectivity index (χ0n) is 11.3. The van der Waals surface area contributed by atoms with Crippen molar-refractivity contribution in [3.05, 3.63) is 29.6 Å². The molecule has 0 amide bonds. The van der Waals surface area contributed by atoms with E-state index in [1.807, 2.05) is 4.90 Å². The first-order valence-corrected chi connectivity index (χ1v) is 6.77. The largest absolute Gasteiger partial charge is 0.419 e. The Bertz CT molecular complexity index is 459. The summed E-state index contributed by atoms with van der Waals surface area (Å²) in [5.41, 5.74) is -0.764. The second-order valence-electron chi connectivity index (χ2n) is 5.05. The summed E-state index contributed by atoms with van der Waals surface area (Å²) < 4.78 is 51.3. The molecule has 1 heterocycles. The van der Waals surface area contributed by atoms with Crippen LogP contribution in [0.2, 0.25) is 0 Å². The van der Waals surface area contributed by atoms with Crippen LogP contribution >= 0.6 is 0 Å². The van der Waals surface area contributed by atoms with Crippen LogP contribution in [0.3, 0.4) is 0 Å². The average molecular weight is 290 g/mol. The molecule has 1 fully saturated rings. The van der Waals surface area contributed by atoms with E-state index in [-0.39, 0.29) is 6.04 Å². The van der Waals surface area contributed by atoms with Gasteiger partial charge >= 0.3 is 6.18 Å². The fourth-order valence-corrected chi connectivity index (χ4v) is 2.44. The van der Waals surface area contributed by atoms with Gasteiger partial charge in [-0.15, -0.1) is 0 Å². The smallest absolute Gasteiger partial charge is 0.370 e. The first-order valence-electron chi connectivity index (χ1n) is 6.77. The van der Waals surface area contributed by atoms with E-state index in [4.69, 9.17) is 0 Å². The lowest BCUT2D eigenvalue weighted by atomic mass is 10.1. The molecule has 1 saturated heterocycles. The quantitative estimate of drug-likeness (QED) is 0.855. The molecule has 0 saturated carbocycles. The van der Waals surface area contributed by atoms with Gasteiger partial charge in [0.1, 0.15) is 5.82 Å². The molecule has 1 N–H and O–H groups in total. The summed E-state index contributed by atoms with van der Waals surface area (Å²) >= 11 is 0. The van der Waals surface area contributed by atoms with E-state index in [9.17, 15) is 17.6 Å². The number of hydrogen-bond acceptors (Lipinski definition) is 2. The molecular weight excluding hydrogens is 272 g/mol. The molecule has 1 aromatic rings. The average Bonchev–Trinajstić information content (AvgIpc) is 2.84. The number of alkyl halides is 3. The van der Waals surface area contributed by atoms with Crippen LogP contribution in [0.1, 0.15) is 25.3 Å². The summed E-state index contributed by atoms with van der Waals surface area (Å²) in [6.45, 7) is 4.30. The minimum Gasteiger partial charge on any atom is -0.370 e. The maximum absolute atomic E-state index is 13.2. The minimum absolute atomic E-state index is 0.286. The third-order valence-corrected chi connectivity index (χ3v) is 3.49. The molecule has 1 aliphatic rings. The summed E-state index contributed by atoms with van der Waals surface area (Å²) in [7, 11) is 0. The number of halogens is 4. The zero-order valence-corrected chi connectivity index (χ0v) is 11.3. The van der Waals surface area contributed by atoms with E-state index in [2.05, 4.69) is 12.2 Å². The predicted molar refractivity (Wildman–Crippen MR) is 70.3 cm³/mol. The fraction of sp³-hybridized carbons (Fsp3) is 0.571. The van der Waals surface area contributed by atoms with Gasteiger partial charge in [0, 0.05) is 24.8 Å². The van der Waals surface area contributed by atoms with Gasteiger partial charge in [0.05, 0.1) is 5.56 Å². The summed E-state index contributed by atoms with van der Waals surface area (Å²) in [4.78, 5) is 1.86. The summed E-state index contributed by atoms with van der Waals surface area (Å²) in [6.07, 6.45) is -2.75. The molecule has 0 bridgehead atoms. The Labute approximate surface area is 115 Å². The van der Waals surface area contributed by atoms with Crippen molar-refractivity contribution < 1.29 is 17.6 Å². The van der Waals surface area contributed by atoms with Gasteiger partial charge in [-0.25, -0.2) is 4.39 Å². The topological polar surface area (TPSA) is 15.3 Å². The van der Waals surface area contributed by atoms with Crippen molar-refractivity contribution >= 4 is 5.69 Å². The molecule has 0 aliphatic carbocycles. The summed E-state index contributed by atoms with van der Waals surface area (Å²) in [5, 5.41) is 3.35. The monoisotopic (exact) mass is 290 g/mol. The van der Waals surface area contributed by atoms with Crippen LogP contribution in [0.4, 0.5) is 23.2 Å². The Balaban J connectivity index is 2.11. The number of nitrogens with zero attached hydrogens (tertiary/aromatic N) is 1. The molecule has 2 nitrogen and oxygen atoms in total. The summed E-state index contributed by atoms with van der Waals surface area (Å²) in [5.74, 6) is -1.22. The number of anilines is 1. The lowest BCUT2D eigenvalue weighted by Gasteiger charge is -2.20.